The van der Waals surface area contributed by atoms with Gasteiger partial charge in [-0.15, -0.1) is 0 Å². The van der Waals surface area contributed by atoms with Crippen molar-refractivity contribution in [3.8, 4) is 0 Å². The van der Waals surface area contributed by atoms with Crippen molar-refractivity contribution >= 4 is 16.8 Å². The number of amides is 1. The number of hydrogen-bond donors (Lipinski definition) is 3. The topological polar surface area (TPSA) is 65.1 Å². The van der Waals surface area contributed by atoms with Crippen molar-refractivity contribution in [2.75, 3.05) is 6.54 Å². The number of aliphatic hydroxyl groups is 1. The van der Waals surface area contributed by atoms with Crippen LogP contribution in [0.2, 0.25) is 0 Å². The fourth-order valence-corrected chi connectivity index (χ4v) is 1.98. The van der Waals surface area contributed by atoms with Crippen LogP contribution in [0.1, 0.15) is 30.1 Å². The molecule has 96 valence electrons. The van der Waals surface area contributed by atoms with E-state index < -0.39 is 0 Å². The number of aromatic nitrogens is 1. The second-order valence-electron chi connectivity index (χ2n) is 4.49. The molecule has 0 aliphatic heterocycles. The smallest absolute Gasteiger partial charge is 0.251 e. The van der Waals surface area contributed by atoms with Gasteiger partial charge in [0.15, 0.2) is 0 Å². The molecule has 1 heterocycles. The van der Waals surface area contributed by atoms with Gasteiger partial charge in [-0.3, -0.25) is 4.79 Å². The minimum Gasteiger partial charge on any atom is -0.393 e. The molecule has 0 spiro atoms. The third-order valence-corrected chi connectivity index (χ3v) is 2.92. The van der Waals surface area contributed by atoms with Crippen LogP contribution in [0.5, 0.6) is 0 Å². The van der Waals surface area contributed by atoms with Crippen molar-refractivity contribution < 1.29 is 9.90 Å². The second kappa shape index (κ2) is 5.69. The van der Waals surface area contributed by atoms with Gasteiger partial charge in [-0.2, -0.15) is 0 Å². The molecule has 0 saturated carbocycles. The third kappa shape index (κ3) is 2.90. The molecule has 1 aromatic carbocycles. The number of aliphatic hydroxyl groups excluding tert-OH is 1. The molecule has 0 aliphatic rings. The van der Waals surface area contributed by atoms with Gasteiger partial charge in [0.05, 0.1) is 6.10 Å². The van der Waals surface area contributed by atoms with Crippen molar-refractivity contribution in [2.24, 2.45) is 0 Å². The van der Waals surface area contributed by atoms with E-state index in [4.69, 9.17) is 5.11 Å². The Morgan fingerprint density at radius 3 is 3.06 bits per heavy atom. The van der Waals surface area contributed by atoms with Gasteiger partial charge in [0.1, 0.15) is 0 Å². The molecule has 0 fully saturated rings. The molecule has 0 radical (unpaired) electrons. The number of carbonyl (C=O) groups excluding carboxylic acids is 1. The molecule has 18 heavy (non-hydrogen) atoms. The number of aromatic amines is 1. The van der Waals surface area contributed by atoms with Crippen molar-refractivity contribution in [1.82, 2.24) is 10.3 Å². The van der Waals surface area contributed by atoms with E-state index in [2.05, 4.69) is 10.3 Å². The van der Waals surface area contributed by atoms with Gasteiger partial charge in [0.25, 0.3) is 5.91 Å². The molecular weight excluding hydrogens is 228 g/mol. The number of hydrogen-bond acceptors (Lipinski definition) is 2. The average Bonchev–Trinajstić information content (AvgIpc) is 2.82. The van der Waals surface area contributed by atoms with E-state index in [0.29, 0.717) is 18.5 Å². The lowest BCUT2D eigenvalue weighted by Gasteiger charge is -2.07. The van der Waals surface area contributed by atoms with Crippen molar-refractivity contribution in [3.05, 3.63) is 36.0 Å². The SMILES string of the molecule is CC(O)CCCNC(=O)c1cccc2[nH]ccc12. The lowest BCUT2D eigenvalue weighted by molar-refractivity contribution is 0.0951. The van der Waals surface area contributed by atoms with Crippen molar-refractivity contribution in [1.29, 1.82) is 0 Å². The van der Waals surface area contributed by atoms with E-state index in [1.165, 1.54) is 0 Å². The lowest BCUT2D eigenvalue weighted by Crippen LogP contribution is -2.25. The monoisotopic (exact) mass is 246 g/mol. The van der Waals surface area contributed by atoms with Gasteiger partial charge in [-0.1, -0.05) is 6.07 Å². The number of fused-ring (bicyclic) bond motifs is 1. The molecule has 3 N–H and O–H groups in total. The highest BCUT2D eigenvalue weighted by molar-refractivity contribution is 6.06. The molecule has 0 aliphatic carbocycles. The molecule has 2 aromatic rings. The molecular formula is C14H18N2O2. The van der Waals surface area contributed by atoms with Crippen LogP contribution in [0, 0.1) is 0 Å². The average molecular weight is 246 g/mol. The molecule has 0 saturated heterocycles. The maximum atomic E-state index is 12.0. The van der Waals surface area contributed by atoms with Gasteiger partial charge in [0, 0.05) is 29.2 Å². The summed E-state index contributed by atoms with van der Waals surface area (Å²) >= 11 is 0. The summed E-state index contributed by atoms with van der Waals surface area (Å²) in [6, 6.07) is 7.53. The first-order valence-electron chi connectivity index (χ1n) is 6.21. The van der Waals surface area contributed by atoms with E-state index in [0.717, 1.165) is 17.3 Å². The molecule has 4 nitrogen and oxygen atoms in total. The summed E-state index contributed by atoms with van der Waals surface area (Å²) in [5.41, 5.74) is 1.65. The Labute approximate surface area is 106 Å². The van der Waals surface area contributed by atoms with Crippen LogP contribution in [-0.2, 0) is 0 Å². The minimum atomic E-state index is -0.310. The lowest BCUT2D eigenvalue weighted by atomic mass is 10.1. The maximum Gasteiger partial charge on any atom is 0.251 e. The highest BCUT2D eigenvalue weighted by Crippen LogP contribution is 2.17. The van der Waals surface area contributed by atoms with Crippen LogP contribution in [0.3, 0.4) is 0 Å². The molecule has 1 atom stereocenters. The highest BCUT2D eigenvalue weighted by atomic mass is 16.3. The van der Waals surface area contributed by atoms with Gasteiger partial charge in [-0.25, -0.2) is 0 Å². The van der Waals surface area contributed by atoms with Gasteiger partial charge in [0.2, 0.25) is 0 Å². The number of benzene rings is 1. The van der Waals surface area contributed by atoms with Gasteiger partial charge in [-0.05, 0) is 38.0 Å². The minimum absolute atomic E-state index is 0.0641. The molecule has 4 heteroatoms. The van der Waals surface area contributed by atoms with Crippen LogP contribution in [0.25, 0.3) is 10.9 Å². The highest BCUT2D eigenvalue weighted by Gasteiger charge is 2.09. The molecule has 1 aromatic heterocycles. The van der Waals surface area contributed by atoms with Gasteiger partial charge < -0.3 is 15.4 Å². The van der Waals surface area contributed by atoms with Crippen LogP contribution in [-0.4, -0.2) is 28.6 Å². The number of H-pyrrole nitrogens is 1. The normalized spacial score (nSPS) is 12.6. The fraction of sp³-hybridized carbons (Fsp3) is 0.357. The van der Waals surface area contributed by atoms with E-state index in [1.54, 1.807) is 6.92 Å². The number of carbonyl (C=O) groups is 1. The quantitative estimate of drug-likeness (QED) is 0.707. The first kappa shape index (κ1) is 12.6. The summed E-state index contributed by atoms with van der Waals surface area (Å²) in [7, 11) is 0. The summed E-state index contributed by atoms with van der Waals surface area (Å²) in [5.74, 6) is -0.0641. The summed E-state index contributed by atoms with van der Waals surface area (Å²) in [6.07, 6.45) is 3.01. The van der Waals surface area contributed by atoms with Crippen LogP contribution < -0.4 is 5.32 Å². The Hall–Kier alpha value is -1.81. The van der Waals surface area contributed by atoms with E-state index in [9.17, 15) is 4.79 Å². The maximum absolute atomic E-state index is 12.0. The molecule has 1 unspecified atom stereocenters. The van der Waals surface area contributed by atoms with Crippen molar-refractivity contribution in [2.45, 2.75) is 25.9 Å². The van der Waals surface area contributed by atoms with E-state index >= 15 is 0 Å². The zero-order valence-corrected chi connectivity index (χ0v) is 10.4. The van der Waals surface area contributed by atoms with E-state index in [-0.39, 0.29) is 12.0 Å². The van der Waals surface area contributed by atoms with Crippen LogP contribution in [0.15, 0.2) is 30.5 Å². The van der Waals surface area contributed by atoms with Crippen LogP contribution >= 0.6 is 0 Å². The predicted molar refractivity (Wildman–Crippen MR) is 71.5 cm³/mol. The second-order valence-corrected chi connectivity index (χ2v) is 4.49. The molecule has 2 rings (SSSR count). The zero-order valence-electron chi connectivity index (χ0n) is 10.4. The third-order valence-electron chi connectivity index (χ3n) is 2.92. The fourth-order valence-electron chi connectivity index (χ4n) is 1.98. The summed E-state index contributed by atoms with van der Waals surface area (Å²) < 4.78 is 0. The Morgan fingerprint density at radius 1 is 1.44 bits per heavy atom. The zero-order chi connectivity index (χ0) is 13.0. The Kier molecular flexibility index (Phi) is 3.99. The predicted octanol–water partition coefficient (Wildman–Crippen LogP) is 2.06. The standard InChI is InChI=1S/C14H18N2O2/c1-10(17)4-3-8-16-14(18)12-5-2-6-13-11(12)7-9-15-13/h2,5-7,9-10,15,17H,3-4,8H2,1H3,(H,16,18). The van der Waals surface area contributed by atoms with Crippen molar-refractivity contribution in [3.63, 3.8) is 0 Å². The Bertz CT molecular complexity index is 531. The largest absolute Gasteiger partial charge is 0.393 e. The molecule has 1 amide bonds. The Morgan fingerprint density at radius 2 is 2.28 bits per heavy atom. The number of nitrogens with one attached hydrogen (secondary N) is 2. The Balaban J connectivity index is 1.98. The van der Waals surface area contributed by atoms with E-state index in [1.807, 2.05) is 30.5 Å². The number of rotatable bonds is 5. The summed E-state index contributed by atoms with van der Waals surface area (Å²) in [5, 5.41) is 12.9. The van der Waals surface area contributed by atoms with Gasteiger partial charge >= 0.3 is 0 Å². The molecule has 0 bridgehead atoms. The summed E-state index contributed by atoms with van der Waals surface area (Å²) in [4.78, 5) is 15.1. The first-order chi connectivity index (χ1) is 8.68. The first-order valence-corrected chi connectivity index (χ1v) is 6.21. The van der Waals surface area contributed by atoms with Crippen LogP contribution in [0.4, 0.5) is 0 Å². The summed E-state index contributed by atoms with van der Waals surface area (Å²) in [6.45, 7) is 2.34.